The number of thiol groups is 2. The van der Waals surface area contributed by atoms with Crippen molar-refractivity contribution in [3.63, 3.8) is 0 Å². The van der Waals surface area contributed by atoms with Crippen molar-refractivity contribution < 1.29 is 126 Å². The molecule has 0 bridgehead atoms. The van der Waals surface area contributed by atoms with E-state index in [2.05, 4.69) is 55.1 Å². The molecule has 690 valence electrons. The molecule has 3 amide bonds. The topological polar surface area (TPSA) is 389 Å². The van der Waals surface area contributed by atoms with Gasteiger partial charge in [0, 0.05) is 53.9 Å². The predicted octanol–water partition coefficient (Wildman–Crippen LogP) is 10.7. The largest absolute Gasteiger partial charge is 0.756 e. The maximum absolute atomic E-state index is 12.9. The number of carbonyl (C=O) groups is 10. The Labute approximate surface area is 717 Å². The molecule has 0 saturated heterocycles. The van der Waals surface area contributed by atoms with Crippen LogP contribution in [0.2, 0.25) is 0 Å². The number of ketones is 1. The number of hydrogen-bond donors (Lipinski definition) is 6. The Morgan fingerprint density at radius 3 is 1.21 bits per heavy atom. The Morgan fingerprint density at radius 2 is 0.821 bits per heavy atom. The summed E-state index contributed by atoms with van der Waals surface area (Å²) in [5.74, 6) is -3.08. The normalized spacial score (nSPS) is 14.4. The van der Waals surface area contributed by atoms with E-state index in [1.165, 1.54) is 0 Å². The smallest absolute Gasteiger partial charge is 0.359 e. The van der Waals surface area contributed by atoms with Crippen LogP contribution in [0, 0.1) is 32.5 Å². The second kappa shape index (κ2) is 58.5. The third kappa shape index (κ3) is 62.3. The number of hydrogen-bond acceptors (Lipinski definition) is 24. The summed E-state index contributed by atoms with van der Waals surface area (Å²) in [6.45, 7) is 36.3. The first-order chi connectivity index (χ1) is 53.5. The second-order valence-electron chi connectivity index (χ2n) is 37.0. The zero-order valence-electron chi connectivity index (χ0n) is 77.2. The van der Waals surface area contributed by atoms with Gasteiger partial charge in [-0.25, -0.2) is 13.2 Å². The molecule has 0 spiro atoms. The fourth-order valence-corrected chi connectivity index (χ4v) is 13.4. The van der Waals surface area contributed by atoms with Gasteiger partial charge in [0.2, 0.25) is 17.7 Å². The van der Waals surface area contributed by atoms with Crippen molar-refractivity contribution in [3.05, 3.63) is 0 Å². The van der Waals surface area contributed by atoms with Crippen LogP contribution >= 0.6 is 33.1 Å². The van der Waals surface area contributed by atoms with Crippen LogP contribution in [0.1, 0.15) is 253 Å². The number of Topliss-reactive ketones (excluding diaryl/α,β-unsaturated/α-hetero) is 1. The van der Waals surface area contributed by atoms with Crippen LogP contribution in [-0.4, -0.2) is 287 Å². The van der Waals surface area contributed by atoms with Crippen LogP contribution in [-0.2, 0) is 95.4 Å². The van der Waals surface area contributed by atoms with Crippen molar-refractivity contribution in [2.75, 3.05) is 181 Å². The van der Waals surface area contributed by atoms with E-state index in [9.17, 15) is 70.4 Å². The number of rotatable bonds is 61. The van der Waals surface area contributed by atoms with Crippen molar-refractivity contribution in [2.24, 2.45) is 32.5 Å². The molecule has 30 nitrogen and oxygen atoms in total. The lowest BCUT2D eigenvalue weighted by atomic mass is 9.72. The van der Waals surface area contributed by atoms with Gasteiger partial charge in [0.05, 0.1) is 146 Å². The van der Waals surface area contributed by atoms with E-state index in [4.69, 9.17) is 37.8 Å². The van der Waals surface area contributed by atoms with Crippen LogP contribution in [0.25, 0.3) is 0 Å². The molecule has 34 heteroatoms. The Kier molecular flexibility index (Phi) is 59.4. The Morgan fingerprint density at radius 1 is 0.436 bits per heavy atom. The minimum Gasteiger partial charge on any atom is -0.756 e. The number of quaternary nitrogens is 4. The van der Waals surface area contributed by atoms with Crippen molar-refractivity contribution in [2.45, 2.75) is 263 Å². The molecule has 0 heterocycles. The fourth-order valence-electron chi connectivity index (χ4n) is 11.4. The molecule has 0 aromatic rings. The monoisotopic (exact) mass is 1750 g/mol. The molecule has 0 aliphatic heterocycles. The maximum Gasteiger partial charge on any atom is 0.359 e. The number of carboxylic acids is 1. The molecule has 0 fully saturated rings. The summed E-state index contributed by atoms with van der Waals surface area (Å²) < 4.78 is 81.8. The highest BCUT2D eigenvalue weighted by molar-refractivity contribution is 7.85. The van der Waals surface area contributed by atoms with E-state index < -0.39 is 68.3 Å². The number of ether oxygens (including phenoxy) is 5. The number of nitrogens with one attached hydrogen (secondary N) is 3. The summed E-state index contributed by atoms with van der Waals surface area (Å²) in [4.78, 5) is 133. The Balaban J connectivity index is -0.000000770. The van der Waals surface area contributed by atoms with Crippen molar-refractivity contribution in [1.29, 1.82) is 0 Å². The lowest BCUT2D eigenvalue weighted by Gasteiger charge is -2.34. The van der Waals surface area contributed by atoms with Crippen LogP contribution in [0.15, 0.2) is 0 Å². The molecule has 5 unspecified atom stereocenters. The standard InChI is InChI=1S/C28H53N3O6S.C28H55N2O9PS.C14H28NO3.C13H27NO5S/c1-8-13-22(38)14-10-11-15-23(32)29-17-19-37-26(36)28(5,9-2)21-27(3,4)25(35)30-16-12-18-31(6,7)20-24(33)34;1-9-13-23(41)14-11-12-15-24(31)29-16-18-36-26(33)28(5,10-2)22-27(3,4)25(32)37-20-21-39-40(34,35)38-19-17-30(6,7)8;1-7-14(3,4)13(17)18-11-10-15(5,6)9-8-12(2)16;1-6-13(2,3)12(15)19-10-9-14(4,5)8-7-11-20(16,17)18/h22H,8-21H2,1-7H3,(H3-,29,30,32,33,34,35,38);23H,9-22H2,1-8H3,(H2-,29,31,34,35,41);7-11H2,1-6H3;6-11H2,1-5H3/q;;+1;/p+1. The molecule has 0 aliphatic rings. The molecule has 5 atom stereocenters. The maximum atomic E-state index is 12.9. The molecule has 0 radical (unpaired) electrons. The molecule has 0 aromatic carbocycles. The third-order valence-corrected chi connectivity index (χ3v) is 23.5. The van der Waals surface area contributed by atoms with E-state index >= 15 is 0 Å². The first kappa shape index (κ1) is 119. The van der Waals surface area contributed by atoms with Crippen molar-refractivity contribution in [3.8, 4) is 0 Å². The first-order valence-electron chi connectivity index (χ1n) is 42.0. The van der Waals surface area contributed by atoms with Gasteiger partial charge in [-0.1, -0.05) is 81.1 Å². The van der Waals surface area contributed by atoms with Crippen molar-refractivity contribution >= 4 is 103 Å². The number of phosphoric acid groups is 1. The number of amides is 3. The zero-order valence-corrected chi connectivity index (χ0v) is 80.7. The lowest BCUT2D eigenvalue weighted by Crippen LogP contribution is -2.46. The van der Waals surface area contributed by atoms with Crippen LogP contribution in [0.4, 0.5) is 0 Å². The quantitative estimate of drug-likeness (QED) is 0.00626. The number of unbranched alkanes of at least 4 members (excludes halogenated alkanes) is 2. The highest BCUT2D eigenvalue weighted by atomic mass is 32.2. The zero-order chi connectivity index (χ0) is 91.6. The molecule has 0 rings (SSSR count). The summed E-state index contributed by atoms with van der Waals surface area (Å²) in [5.41, 5.74) is -4.54. The number of carboxylic acid groups (broad SMARTS) is 1. The molecule has 0 aliphatic carbocycles. The molecular weight excluding hydrogens is 1590 g/mol. The summed E-state index contributed by atoms with van der Waals surface area (Å²) in [6, 6.07) is 0. The minimum atomic E-state index is -4.51. The molecule has 117 heavy (non-hydrogen) atoms. The van der Waals surface area contributed by atoms with Gasteiger partial charge < -0.3 is 81.2 Å². The fraction of sp³-hybridized carbons (Fsp3) is 0.880. The van der Waals surface area contributed by atoms with Gasteiger partial charge in [-0.3, -0.25) is 47.7 Å². The van der Waals surface area contributed by atoms with Crippen molar-refractivity contribution in [1.82, 2.24) is 16.0 Å². The van der Waals surface area contributed by atoms with Gasteiger partial charge in [0.25, 0.3) is 7.82 Å². The molecular formula is C83H164N7O23PS3+2. The van der Waals surface area contributed by atoms with Crippen LogP contribution in [0.3, 0.4) is 0 Å². The van der Waals surface area contributed by atoms with E-state index in [1.807, 2.05) is 140 Å². The number of carbonyl (C=O) groups excluding carboxylic acids is 9. The lowest BCUT2D eigenvalue weighted by molar-refractivity contribution is -0.890. The minimum absolute atomic E-state index is 0.0224. The van der Waals surface area contributed by atoms with Crippen LogP contribution < -0.4 is 20.8 Å². The Bertz CT molecular complexity index is 3090. The second-order valence-corrected chi connectivity index (χ2v) is 41.4. The average molecular weight is 1760 g/mol. The first-order valence-corrected chi connectivity index (χ1v) is 46.1. The number of esters is 5. The van der Waals surface area contributed by atoms with Gasteiger partial charge in [-0.15, -0.1) is 0 Å². The van der Waals surface area contributed by atoms with Crippen LogP contribution in [0.5, 0.6) is 0 Å². The van der Waals surface area contributed by atoms with E-state index in [1.54, 1.807) is 27.7 Å². The molecule has 4 N–H and O–H groups in total. The van der Waals surface area contributed by atoms with Gasteiger partial charge in [0.15, 0.2) is 6.54 Å². The van der Waals surface area contributed by atoms with Gasteiger partial charge in [-0.05, 0) is 139 Å². The third-order valence-electron chi connectivity index (χ3n) is 20.6. The van der Waals surface area contributed by atoms with Gasteiger partial charge in [-0.2, -0.15) is 25.3 Å². The number of phosphoric ester groups is 1. The molecule has 0 saturated carbocycles. The van der Waals surface area contributed by atoms with E-state index in [0.29, 0.717) is 132 Å². The van der Waals surface area contributed by atoms with Gasteiger partial charge in [0.1, 0.15) is 65.1 Å². The SMILES string of the molecule is CCC(C)(C)C(=O)OCC[N+](C)(C)CCC(C)=O.CCC(C)(C)C(=O)OCC[N+](C)(C)CCCS(=O)(=O)[O-].CCCC(S)CCCCC(=O)NCCOC(=O)C(C)(CC)CC(C)(C)C(=O)NCCC[N+](C)(C)CC(=O)O.CCCC(S)CCCCC(=O)NCCOC(=O)C(C)(CC)CC(C)(C)C(=O)OCCOP(=O)([O-])OCC[N+](C)(C)C. The predicted molar refractivity (Wildman–Crippen MR) is 463 cm³/mol. The molecule has 0 aromatic heterocycles. The van der Waals surface area contributed by atoms with E-state index in [-0.39, 0.29) is 106 Å². The average Bonchev–Trinajstić information content (AvgIpc) is 0.819. The summed E-state index contributed by atoms with van der Waals surface area (Å²) in [6.07, 6.45) is 15.2. The Hall–Kier alpha value is -4.54. The summed E-state index contributed by atoms with van der Waals surface area (Å²) >= 11 is 9.07. The van der Waals surface area contributed by atoms with Gasteiger partial charge >= 0.3 is 35.8 Å². The summed E-state index contributed by atoms with van der Waals surface area (Å²) in [5, 5.41) is 18.3. The van der Waals surface area contributed by atoms with E-state index in [0.717, 1.165) is 83.7 Å². The number of nitrogens with zero attached hydrogens (tertiary/aromatic N) is 4. The highest BCUT2D eigenvalue weighted by Gasteiger charge is 2.44. The highest BCUT2D eigenvalue weighted by Crippen LogP contribution is 2.41. The number of aliphatic carboxylic acids is 1. The number of likely N-dealkylation sites (N-methyl/N-ethyl adjacent to an activating group) is 4. The summed E-state index contributed by atoms with van der Waals surface area (Å²) in [7, 11) is 8.66.